The molecule has 1 N–H and O–H groups in total. The van der Waals surface area contributed by atoms with Crippen molar-refractivity contribution < 1.29 is 13.2 Å². The van der Waals surface area contributed by atoms with Crippen LogP contribution in [0.15, 0.2) is 89.8 Å². The molecule has 0 aliphatic carbocycles. The van der Waals surface area contributed by atoms with Gasteiger partial charge in [0, 0.05) is 24.8 Å². The second-order valence-electron chi connectivity index (χ2n) is 8.35. The predicted octanol–water partition coefficient (Wildman–Crippen LogP) is 4.29. The number of carbonyl (C=O) groups excluding carboxylic acids is 1. The average Bonchev–Trinajstić information content (AvgIpc) is 3.22. The van der Waals surface area contributed by atoms with Crippen molar-refractivity contribution in [2.45, 2.75) is 25.2 Å². The van der Waals surface area contributed by atoms with Crippen LogP contribution < -0.4 is 9.62 Å². The zero-order valence-corrected chi connectivity index (χ0v) is 20.8. The molecule has 1 heterocycles. The second-order valence-corrected chi connectivity index (χ2v) is 10.3. The molecule has 3 aromatic carbocycles. The number of aromatic nitrogens is 2. The fraction of sp³-hybridized carbons (Fsp3) is 0.185. The van der Waals surface area contributed by atoms with Crippen molar-refractivity contribution >= 4 is 21.6 Å². The smallest absolute Gasteiger partial charge is 0.264 e. The molecule has 1 amide bonds. The van der Waals surface area contributed by atoms with Crippen molar-refractivity contribution in [3.63, 3.8) is 0 Å². The Balaban J connectivity index is 1.38. The van der Waals surface area contributed by atoms with Gasteiger partial charge in [0.05, 0.1) is 22.0 Å². The van der Waals surface area contributed by atoms with E-state index < -0.39 is 10.0 Å². The van der Waals surface area contributed by atoms with Gasteiger partial charge >= 0.3 is 0 Å². The van der Waals surface area contributed by atoms with E-state index >= 15 is 0 Å². The first kappa shape index (κ1) is 24.2. The van der Waals surface area contributed by atoms with E-state index in [4.69, 9.17) is 0 Å². The molecule has 0 unspecified atom stereocenters. The Hall–Kier alpha value is -3.91. The van der Waals surface area contributed by atoms with Gasteiger partial charge in [0.2, 0.25) is 0 Å². The van der Waals surface area contributed by atoms with E-state index in [9.17, 15) is 13.2 Å². The lowest BCUT2D eigenvalue weighted by Crippen LogP contribution is -2.28. The summed E-state index contributed by atoms with van der Waals surface area (Å²) < 4.78 is 29.2. The zero-order valence-electron chi connectivity index (χ0n) is 20.0. The third-order valence-corrected chi connectivity index (χ3v) is 7.55. The van der Waals surface area contributed by atoms with Crippen molar-refractivity contribution in [2.24, 2.45) is 0 Å². The van der Waals surface area contributed by atoms with Crippen LogP contribution in [0.25, 0.3) is 5.69 Å². The molecular weight excluding hydrogens is 460 g/mol. The van der Waals surface area contributed by atoms with Crippen LogP contribution in [-0.4, -0.2) is 37.7 Å². The summed E-state index contributed by atoms with van der Waals surface area (Å²) in [6.45, 7) is 4.41. The highest BCUT2D eigenvalue weighted by atomic mass is 32.2. The highest BCUT2D eigenvalue weighted by Gasteiger charge is 2.22. The minimum atomic E-state index is -3.79. The Labute approximate surface area is 206 Å². The lowest BCUT2D eigenvalue weighted by molar-refractivity contribution is 0.0954. The number of nitrogens with zero attached hydrogens (tertiary/aromatic N) is 3. The lowest BCUT2D eigenvalue weighted by Gasteiger charge is -2.19. The molecule has 4 aromatic rings. The quantitative estimate of drug-likeness (QED) is 0.401. The molecule has 0 atom stereocenters. The number of amides is 1. The van der Waals surface area contributed by atoms with Gasteiger partial charge in [0.25, 0.3) is 15.9 Å². The van der Waals surface area contributed by atoms with Crippen molar-refractivity contribution in [3.8, 4) is 5.69 Å². The number of nitrogens with one attached hydrogen (secondary N) is 1. The fourth-order valence-electron chi connectivity index (χ4n) is 3.85. The Bertz CT molecular complexity index is 1430. The van der Waals surface area contributed by atoms with Crippen LogP contribution in [0.2, 0.25) is 0 Å². The molecule has 0 spiro atoms. The monoisotopic (exact) mass is 488 g/mol. The second kappa shape index (κ2) is 10.1. The molecule has 0 saturated heterocycles. The van der Waals surface area contributed by atoms with Crippen molar-refractivity contribution in [1.29, 1.82) is 0 Å². The highest BCUT2D eigenvalue weighted by Crippen LogP contribution is 2.22. The van der Waals surface area contributed by atoms with Gasteiger partial charge in [0.1, 0.15) is 0 Å². The number of hydrogen-bond acceptors (Lipinski definition) is 4. The number of hydrogen-bond donors (Lipinski definition) is 1. The van der Waals surface area contributed by atoms with E-state index in [-0.39, 0.29) is 10.8 Å². The maximum atomic E-state index is 13.0. The first-order valence-corrected chi connectivity index (χ1v) is 12.7. The molecule has 35 heavy (non-hydrogen) atoms. The minimum absolute atomic E-state index is 0.0660. The summed E-state index contributed by atoms with van der Waals surface area (Å²) in [5, 5.41) is 7.38. The summed E-state index contributed by atoms with van der Waals surface area (Å²) in [5.41, 5.74) is 4.96. The third kappa shape index (κ3) is 5.44. The van der Waals surface area contributed by atoms with Gasteiger partial charge in [-0.05, 0) is 74.4 Å². The van der Waals surface area contributed by atoms with E-state index in [1.165, 1.54) is 23.5 Å². The molecule has 0 saturated carbocycles. The topological polar surface area (TPSA) is 84.3 Å². The molecule has 7 nitrogen and oxygen atoms in total. The number of rotatable bonds is 8. The van der Waals surface area contributed by atoms with Crippen LogP contribution >= 0.6 is 0 Å². The minimum Gasteiger partial charge on any atom is -0.352 e. The number of carbonyl (C=O) groups is 1. The lowest BCUT2D eigenvalue weighted by atomic mass is 10.1. The van der Waals surface area contributed by atoms with Gasteiger partial charge in [-0.1, -0.05) is 36.4 Å². The summed E-state index contributed by atoms with van der Waals surface area (Å²) in [6, 6.07) is 25.0. The van der Waals surface area contributed by atoms with E-state index in [1.54, 1.807) is 36.4 Å². The van der Waals surface area contributed by atoms with Gasteiger partial charge in [0.15, 0.2) is 0 Å². The van der Waals surface area contributed by atoms with Gasteiger partial charge < -0.3 is 5.32 Å². The highest BCUT2D eigenvalue weighted by molar-refractivity contribution is 7.92. The number of para-hydroxylation sites is 1. The van der Waals surface area contributed by atoms with Gasteiger partial charge in [-0.3, -0.25) is 9.10 Å². The van der Waals surface area contributed by atoms with Crippen LogP contribution in [-0.2, 0) is 16.4 Å². The number of benzene rings is 3. The number of anilines is 1. The molecule has 0 radical (unpaired) electrons. The van der Waals surface area contributed by atoms with Gasteiger partial charge in [-0.2, -0.15) is 5.10 Å². The predicted molar refractivity (Wildman–Crippen MR) is 138 cm³/mol. The summed E-state index contributed by atoms with van der Waals surface area (Å²) in [5.74, 6) is -0.316. The Morgan fingerprint density at radius 3 is 2.31 bits per heavy atom. The number of sulfonamides is 1. The van der Waals surface area contributed by atoms with Crippen LogP contribution in [0.1, 0.15) is 27.3 Å². The zero-order chi connectivity index (χ0) is 25.0. The van der Waals surface area contributed by atoms with Crippen molar-refractivity contribution in [2.75, 3.05) is 17.9 Å². The molecule has 180 valence electrons. The molecule has 0 bridgehead atoms. The Morgan fingerprint density at radius 2 is 1.66 bits per heavy atom. The van der Waals surface area contributed by atoms with Crippen molar-refractivity contribution in [3.05, 3.63) is 107 Å². The molecule has 8 heteroatoms. The summed E-state index contributed by atoms with van der Waals surface area (Å²) >= 11 is 0. The largest absolute Gasteiger partial charge is 0.352 e. The van der Waals surface area contributed by atoms with Crippen molar-refractivity contribution in [1.82, 2.24) is 15.1 Å². The maximum absolute atomic E-state index is 13.0. The average molecular weight is 489 g/mol. The Kier molecular flexibility index (Phi) is 7.02. The maximum Gasteiger partial charge on any atom is 0.264 e. The summed E-state index contributed by atoms with van der Waals surface area (Å²) in [4.78, 5) is 12.8. The van der Waals surface area contributed by atoms with Crippen LogP contribution in [0.5, 0.6) is 0 Å². The normalized spacial score (nSPS) is 11.3. The number of aryl methyl sites for hydroxylation is 2. The standard InChI is InChI=1S/C27H28N4O3S/c1-20-18-21(2)31(29-20)25-14-12-22(13-15-25)16-17-28-27(32)23-8-7-11-26(19-23)35(33,34)30(3)24-9-5-4-6-10-24/h4-15,18-19H,16-17H2,1-3H3,(H,28,32). The first-order chi connectivity index (χ1) is 16.8. The molecule has 0 aliphatic heterocycles. The van der Waals surface area contributed by atoms with E-state index in [1.807, 2.05) is 54.9 Å². The third-order valence-electron chi connectivity index (χ3n) is 5.76. The van der Waals surface area contributed by atoms with E-state index in [0.717, 1.165) is 22.6 Å². The molecular formula is C27H28N4O3S. The molecule has 4 rings (SSSR count). The molecule has 1 aromatic heterocycles. The molecule has 0 aliphatic rings. The molecule has 0 fully saturated rings. The van der Waals surface area contributed by atoms with Gasteiger partial charge in [-0.15, -0.1) is 0 Å². The van der Waals surface area contributed by atoms with Gasteiger partial charge in [-0.25, -0.2) is 13.1 Å². The van der Waals surface area contributed by atoms with Crippen LogP contribution in [0.3, 0.4) is 0 Å². The van der Waals surface area contributed by atoms with E-state index in [0.29, 0.717) is 24.2 Å². The van der Waals surface area contributed by atoms with Crippen LogP contribution in [0.4, 0.5) is 5.69 Å². The Morgan fingerprint density at radius 1 is 0.943 bits per heavy atom. The summed E-state index contributed by atoms with van der Waals surface area (Å²) in [6.07, 6.45) is 0.651. The SMILES string of the molecule is Cc1cc(C)n(-c2ccc(CCNC(=O)c3cccc(S(=O)(=O)N(C)c4ccccc4)c3)cc2)n1. The summed E-state index contributed by atoms with van der Waals surface area (Å²) in [7, 11) is -2.30. The fourth-order valence-corrected chi connectivity index (χ4v) is 5.09. The van der Waals surface area contributed by atoms with E-state index in [2.05, 4.69) is 10.4 Å². The van der Waals surface area contributed by atoms with Crippen LogP contribution in [0, 0.1) is 13.8 Å². The first-order valence-electron chi connectivity index (χ1n) is 11.3.